The SMILES string of the molecule is C[Si](C)(C)O[Si](C)(C)O[Si](C)(CCC(F)(F)C(F)(F)C(F)(F)C(F)(F)C(F)(F)F)O[Si](C)(C)CCCO. The van der Waals surface area contributed by atoms with Gasteiger partial charge in [0.1, 0.15) is 0 Å². The van der Waals surface area contributed by atoms with Gasteiger partial charge in [0.25, 0.3) is 0 Å². The number of aliphatic hydroxyl groups excluding tert-OH is 1. The van der Waals surface area contributed by atoms with E-state index in [0.717, 1.165) is 0 Å². The number of hydrogen-bond donors (Lipinski definition) is 1. The van der Waals surface area contributed by atoms with Gasteiger partial charge in [0.15, 0.2) is 16.6 Å². The largest absolute Gasteiger partial charge is 0.460 e. The Balaban J connectivity index is 6.27. The second-order valence-electron chi connectivity index (χ2n) is 11.0. The van der Waals surface area contributed by atoms with Crippen molar-refractivity contribution in [2.45, 2.75) is 107 Å². The summed E-state index contributed by atoms with van der Waals surface area (Å²) in [6, 6.07) is -0.862. The van der Waals surface area contributed by atoms with Crippen molar-refractivity contribution in [2.75, 3.05) is 6.61 Å². The fourth-order valence-electron chi connectivity index (χ4n) is 3.69. The van der Waals surface area contributed by atoms with Crippen molar-refractivity contribution in [3.05, 3.63) is 0 Å². The Morgan fingerprint density at radius 2 is 1.05 bits per heavy atom. The molecule has 1 atom stereocenters. The lowest BCUT2D eigenvalue weighted by atomic mass is 9.96. The Morgan fingerprint density at radius 1 is 0.595 bits per heavy atom. The summed E-state index contributed by atoms with van der Waals surface area (Å²) in [5.41, 5.74) is 0. The average molecular weight is 637 g/mol. The van der Waals surface area contributed by atoms with Crippen LogP contribution in [0.4, 0.5) is 48.3 Å². The van der Waals surface area contributed by atoms with Gasteiger partial charge in [-0.1, -0.05) is 0 Å². The summed E-state index contributed by atoms with van der Waals surface area (Å²) in [7, 11) is -12.4. The normalized spacial score (nSPS) is 17.2. The molecule has 0 aromatic heterocycles. The van der Waals surface area contributed by atoms with Gasteiger partial charge in [-0.3, -0.25) is 0 Å². The van der Waals surface area contributed by atoms with E-state index in [1.165, 1.54) is 19.6 Å². The van der Waals surface area contributed by atoms with E-state index >= 15 is 0 Å². The molecule has 19 heteroatoms. The quantitative estimate of drug-likeness (QED) is 0.148. The van der Waals surface area contributed by atoms with Gasteiger partial charge in [-0.15, -0.1) is 0 Å². The standard InChI is InChI=1S/C18H35F11O4Si4/c1-34(2,3)31-36(6,7)33-37(8,32-35(4,5)12-9-11-30)13-10-14(19,20)15(21,22)16(23,24)17(25,26)18(27,28)29/h30H,9-13H2,1-8H3. The van der Waals surface area contributed by atoms with Gasteiger partial charge < -0.3 is 17.5 Å². The van der Waals surface area contributed by atoms with Crippen LogP contribution in [0.2, 0.25) is 64.5 Å². The number of alkyl halides is 11. The molecule has 1 N–H and O–H groups in total. The van der Waals surface area contributed by atoms with E-state index in [4.69, 9.17) is 17.5 Å². The highest BCUT2D eigenvalue weighted by atomic mass is 28.5. The maximum Gasteiger partial charge on any atom is 0.460 e. The second-order valence-corrected chi connectivity index (χ2v) is 27.2. The molecule has 0 saturated carbocycles. The van der Waals surface area contributed by atoms with Crippen molar-refractivity contribution in [1.29, 1.82) is 0 Å². The number of halogens is 11. The van der Waals surface area contributed by atoms with Crippen LogP contribution in [-0.2, 0) is 12.3 Å². The van der Waals surface area contributed by atoms with E-state index < -0.39 is 76.1 Å². The van der Waals surface area contributed by atoms with Crippen molar-refractivity contribution < 1.29 is 65.7 Å². The smallest absolute Gasteiger partial charge is 0.437 e. The van der Waals surface area contributed by atoms with Crippen LogP contribution in [0.3, 0.4) is 0 Å². The van der Waals surface area contributed by atoms with Gasteiger partial charge in [-0.25, -0.2) is 0 Å². The summed E-state index contributed by atoms with van der Waals surface area (Å²) in [6.07, 6.45) is -9.19. The van der Waals surface area contributed by atoms with E-state index in [0.29, 0.717) is 0 Å². The van der Waals surface area contributed by atoms with Crippen LogP contribution in [-0.4, -0.2) is 75.3 Å². The highest BCUT2D eigenvalue weighted by Gasteiger charge is 2.86. The monoisotopic (exact) mass is 636 g/mol. The molecule has 224 valence electrons. The minimum absolute atomic E-state index is 0.239. The zero-order valence-electron chi connectivity index (χ0n) is 21.9. The molecule has 0 aliphatic rings. The first-order valence-electron chi connectivity index (χ1n) is 11.2. The maximum atomic E-state index is 14.4. The van der Waals surface area contributed by atoms with Gasteiger partial charge >= 0.3 is 47.0 Å². The molecule has 0 aromatic carbocycles. The van der Waals surface area contributed by atoms with E-state index in [2.05, 4.69) is 0 Å². The van der Waals surface area contributed by atoms with E-state index in [9.17, 15) is 48.3 Å². The molecule has 4 nitrogen and oxygen atoms in total. The predicted octanol–water partition coefficient (Wildman–Crippen LogP) is 7.73. The second kappa shape index (κ2) is 11.4. The minimum Gasteiger partial charge on any atom is -0.437 e. The molecule has 37 heavy (non-hydrogen) atoms. The Labute approximate surface area is 213 Å². The number of aliphatic hydroxyl groups is 1. The Hall–Kier alpha value is -0.0625. The zero-order valence-corrected chi connectivity index (χ0v) is 25.9. The number of rotatable bonds is 15. The third-order valence-electron chi connectivity index (χ3n) is 4.94. The van der Waals surface area contributed by atoms with Gasteiger partial charge in [-0.05, 0) is 70.9 Å². The fourth-order valence-corrected chi connectivity index (χ4v) is 22.5. The first-order chi connectivity index (χ1) is 15.9. The van der Waals surface area contributed by atoms with Crippen molar-refractivity contribution in [2.24, 2.45) is 0 Å². The minimum atomic E-state index is -7.45. The molecule has 0 bridgehead atoms. The summed E-state index contributed by atoms with van der Waals surface area (Å²) in [5.74, 6) is -27.9. The molecule has 0 amide bonds. The molecule has 1 unspecified atom stereocenters. The highest BCUT2D eigenvalue weighted by Crippen LogP contribution is 2.58. The lowest BCUT2D eigenvalue weighted by Gasteiger charge is -2.43. The van der Waals surface area contributed by atoms with Crippen LogP contribution < -0.4 is 0 Å². The van der Waals surface area contributed by atoms with E-state index in [-0.39, 0.29) is 19.1 Å². The van der Waals surface area contributed by atoms with E-state index in [1.54, 1.807) is 32.7 Å². The lowest BCUT2D eigenvalue weighted by molar-refractivity contribution is -0.422. The first-order valence-corrected chi connectivity index (χ1v) is 23.0. The topological polar surface area (TPSA) is 47.9 Å². The van der Waals surface area contributed by atoms with Crippen LogP contribution in [0.25, 0.3) is 0 Å². The van der Waals surface area contributed by atoms with Crippen LogP contribution in [0.5, 0.6) is 0 Å². The molecule has 0 aromatic rings. The molecule has 0 spiro atoms. The number of hydrogen-bond acceptors (Lipinski definition) is 4. The molecule has 0 radical (unpaired) electrons. The molecule has 0 aliphatic heterocycles. The Kier molecular flexibility index (Phi) is 11.4. The fraction of sp³-hybridized carbons (Fsp3) is 1.00. The van der Waals surface area contributed by atoms with Crippen LogP contribution in [0, 0.1) is 0 Å². The molecule has 0 heterocycles. The van der Waals surface area contributed by atoms with Gasteiger partial charge in [0, 0.05) is 13.0 Å². The van der Waals surface area contributed by atoms with Crippen molar-refractivity contribution >= 4 is 33.8 Å². The predicted molar refractivity (Wildman–Crippen MR) is 125 cm³/mol. The van der Waals surface area contributed by atoms with E-state index in [1.807, 2.05) is 0 Å². The van der Waals surface area contributed by atoms with Crippen molar-refractivity contribution in [3.8, 4) is 0 Å². The summed E-state index contributed by atoms with van der Waals surface area (Å²) in [6.45, 7) is 12.5. The van der Waals surface area contributed by atoms with Crippen LogP contribution >= 0.6 is 0 Å². The van der Waals surface area contributed by atoms with Crippen molar-refractivity contribution in [3.63, 3.8) is 0 Å². The van der Waals surface area contributed by atoms with Gasteiger partial charge in [0.05, 0.1) is 0 Å². The first kappa shape index (κ1) is 36.9. The maximum absolute atomic E-state index is 14.4. The highest BCUT2D eigenvalue weighted by molar-refractivity contribution is 6.89. The molecular formula is C18H35F11O4Si4. The van der Waals surface area contributed by atoms with Gasteiger partial charge in [0.2, 0.25) is 0 Å². The molecule has 0 saturated heterocycles. The Bertz CT molecular complexity index is 759. The van der Waals surface area contributed by atoms with Crippen LogP contribution in [0.1, 0.15) is 12.8 Å². The van der Waals surface area contributed by atoms with Gasteiger partial charge in [-0.2, -0.15) is 48.3 Å². The molecule has 0 rings (SSSR count). The average Bonchev–Trinajstić information content (AvgIpc) is 2.60. The summed E-state index contributed by atoms with van der Waals surface area (Å²) >= 11 is 0. The zero-order chi connectivity index (χ0) is 30.2. The molecular weight excluding hydrogens is 602 g/mol. The van der Waals surface area contributed by atoms with Crippen LogP contribution in [0.15, 0.2) is 0 Å². The third kappa shape index (κ3) is 9.52. The lowest BCUT2D eigenvalue weighted by Crippen LogP contribution is -2.66. The molecule has 0 fully saturated rings. The molecule has 0 aliphatic carbocycles. The van der Waals surface area contributed by atoms with Crippen molar-refractivity contribution in [1.82, 2.24) is 0 Å². The summed E-state index contributed by atoms with van der Waals surface area (Å²) in [4.78, 5) is 0. The summed E-state index contributed by atoms with van der Waals surface area (Å²) in [5, 5.41) is 9.08. The summed E-state index contributed by atoms with van der Waals surface area (Å²) < 4.78 is 166. The Morgan fingerprint density at radius 3 is 1.43 bits per heavy atom. The third-order valence-corrected chi connectivity index (χ3v) is 19.7.